The number of hydrogen-bond acceptors (Lipinski definition) is 3. The molecular weight excluding hydrogens is 464 g/mol. The smallest absolute Gasteiger partial charge is 0.416 e. The van der Waals surface area contributed by atoms with E-state index in [0.29, 0.717) is 49.8 Å². The van der Waals surface area contributed by atoms with Gasteiger partial charge in [0.1, 0.15) is 11.9 Å². The summed E-state index contributed by atoms with van der Waals surface area (Å²) in [5, 5.41) is 8.85. The third-order valence-corrected chi connectivity index (χ3v) is 5.80. The Morgan fingerprint density at radius 2 is 1.82 bits per heavy atom. The molecule has 0 fully saturated rings. The molecular formula is C24H25F6NO3. The summed E-state index contributed by atoms with van der Waals surface area (Å²) in [5.41, 5.74) is -0.785. The van der Waals surface area contributed by atoms with Gasteiger partial charge in [-0.1, -0.05) is 12.1 Å². The maximum Gasteiger partial charge on any atom is 0.416 e. The molecule has 4 nitrogen and oxygen atoms in total. The van der Waals surface area contributed by atoms with Crippen LogP contribution in [0.15, 0.2) is 36.4 Å². The largest absolute Gasteiger partial charge is 0.490 e. The Bertz CT molecular complexity index is 1020. The zero-order chi connectivity index (χ0) is 25.1. The highest BCUT2D eigenvalue weighted by atomic mass is 19.4. The third-order valence-electron chi connectivity index (χ3n) is 5.80. The molecule has 3 rings (SSSR count). The molecule has 186 valence electrons. The summed E-state index contributed by atoms with van der Waals surface area (Å²) in [5.74, 6) is -0.229. The molecule has 1 unspecified atom stereocenters. The molecule has 2 aromatic rings. The number of hydrogen-bond donors (Lipinski definition) is 1. The first-order valence-electron chi connectivity index (χ1n) is 10.8. The van der Waals surface area contributed by atoms with Gasteiger partial charge < -0.3 is 14.7 Å². The first-order chi connectivity index (χ1) is 15.8. The number of rotatable bonds is 8. The molecule has 0 aromatic heterocycles. The van der Waals surface area contributed by atoms with Crippen LogP contribution < -0.4 is 4.74 Å². The average Bonchev–Trinajstić information content (AvgIpc) is 2.74. The van der Waals surface area contributed by atoms with E-state index in [1.807, 2.05) is 18.2 Å². The van der Waals surface area contributed by atoms with Gasteiger partial charge in [0.2, 0.25) is 0 Å². The fraction of sp³-hybridized carbons (Fsp3) is 0.458. The normalized spacial score (nSPS) is 16.3. The molecule has 0 bridgehead atoms. The number of fused-ring (bicyclic) bond motifs is 1. The Morgan fingerprint density at radius 1 is 1.09 bits per heavy atom. The van der Waals surface area contributed by atoms with Gasteiger partial charge in [0.25, 0.3) is 0 Å². The minimum absolute atomic E-state index is 0.00244. The fourth-order valence-electron chi connectivity index (χ4n) is 3.99. The quantitative estimate of drug-likeness (QED) is 0.465. The number of carboxylic acid groups (broad SMARTS) is 1. The number of carbonyl (C=O) groups is 1. The van der Waals surface area contributed by atoms with Crippen molar-refractivity contribution in [1.82, 2.24) is 4.90 Å². The molecule has 1 aliphatic rings. The third kappa shape index (κ3) is 6.88. The van der Waals surface area contributed by atoms with E-state index in [1.165, 1.54) is 0 Å². The van der Waals surface area contributed by atoms with Crippen LogP contribution in [0.1, 0.15) is 47.1 Å². The molecule has 0 radical (unpaired) electrons. The molecule has 1 aliphatic heterocycles. The molecule has 0 saturated carbocycles. The molecule has 0 aliphatic carbocycles. The van der Waals surface area contributed by atoms with Crippen LogP contribution in [-0.2, 0) is 36.5 Å². The van der Waals surface area contributed by atoms with Crippen molar-refractivity contribution < 1.29 is 41.0 Å². The standard InChI is InChI=1S/C24H25F6NO3/c1-31(14-17-13-18(23(25,26)27)6-8-20(17)24(28,29)30)11-10-19-7-5-16-4-2-15(3-9-22(32)33)12-21(16)34-19/h2,4,6,8,12-13,19H,3,5,7,9-11,14H2,1H3,(H,32,33). The highest BCUT2D eigenvalue weighted by Crippen LogP contribution is 2.37. The molecule has 10 heteroatoms. The van der Waals surface area contributed by atoms with Crippen molar-refractivity contribution in [3.8, 4) is 5.75 Å². The molecule has 1 heterocycles. The molecule has 1 atom stereocenters. The van der Waals surface area contributed by atoms with Crippen LogP contribution in [0.5, 0.6) is 5.75 Å². The molecule has 1 N–H and O–H groups in total. The van der Waals surface area contributed by atoms with Gasteiger partial charge in [0.15, 0.2) is 0 Å². The second-order valence-corrected chi connectivity index (χ2v) is 8.51. The molecule has 0 saturated heterocycles. The van der Waals surface area contributed by atoms with Gasteiger partial charge in [-0.05, 0) is 73.7 Å². The Labute approximate surface area is 193 Å². The SMILES string of the molecule is CN(CCC1CCc2ccc(CCC(=O)O)cc2O1)Cc1cc(C(F)(F)F)ccc1C(F)(F)F. The summed E-state index contributed by atoms with van der Waals surface area (Å²) in [6.45, 7) is 0.0354. The summed E-state index contributed by atoms with van der Waals surface area (Å²) in [6.07, 6.45) is -7.38. The molecule has 34 heavy (non-hydrogen) atoms. The first-order valence-corrected chi connectivity index (χ1v) is 10.8. The van der Waals surface area contributed by atoms with Crippen molar-refractivity contribution in [1.29, 1.82) is 0 Å². The van der Waals surface area contributed by atoms with Gasteiger partial charge in [-0.25, -0.2) is 0 Å². The van der Waals surface area contributed by atoms with Gasteiger partial charge in [0, 0.05) is 19.5 Å². The lowest BCUT2D eigenvalue weighted by molar-refractivity contribution is -0.142. The number of nitrogens with zero attached hydrogens (tertiary/aromatic N) is 1. The Hall–Kier alpha value is -2.75. The number of halogens is 6. The summed E-state index contributed by atoms with van der Waals surface area (Å²) in [6, 6.07) is 7.07. The van der Waals surface area contributed by atoms with Gasteiger partial charge in [-0.3, -0.25) is 4.79 Å². The second-order valence-electron chi connectivity index (χ2n) is 8.51. The maximum atomic E-state index is 13.3. The zero-order valence-corrected chi connectivity index (χ0v) is 18.5. The summed E-state index contributed by atoms with van der Waals surface area (Å²) >= 11 is 0. The highest BCUT2D eigenvalue weighted by Gasteiger charge is 2.37. The van der Waals surface area contributed by atoms with E-state index in [0.717, 1.165) is 17.5 Å². The van der Waals surface area contributed by atoms with E-state index in [2.05, 4.69) is 0 Å². The van der Waals surface area contributed by atoms with Gasteiger partial charge in [-0.15, -0.1) is 0 Å². The van der Waals surface area contributed by atoms with Crippen LogP contribution in [0, 0.1) is 0 Å². The predicted octanol–water partition coefficient (Wildman–Crippen LogP) is 5.96. The van der Waals surface area contributed by atoms with Crippen molar-refractivity contribution >= 4 is 5.97 Å². The lowest BCUT2D eigenvalue weighted by Gasteiger charge is -2.28. The van der Waals surface area contributed by atoms with Crippen molar-refractivity contribution in [3.63, 3.8) is 0 Å². The number of ether oxygens (including phenoxy) is 1. The summed E-state index contributed by atoms with van der Waals surface area (Å²) < 4.78 is 85.1. The zero-order valence-electron chi connectivity index (χ0n) is 18.5. The number of aryl methyl sites for hydroxylation is 2. The first kappa shape index (κ1) is 25.9. The van der Waals surface area contributed by atoms with Crippen LogP contribution in [-0.4, -0.2) is 35.7 Å². The Morgan fingerprint density at radius 3 is 2.47 bits per heavy atom. The lowest BCUT2D eigenvalue weighted by Crippen LogP contribution is -2.29. The van der Waals surface area contributed by atoms with E-state index in [-0.39, 0.29) is 19.1 Å². The number of aliphatic carboxylic acids is 1. The van der Waals surface area contributed by atoms with Crippen molar-refractivity contribution in [2.45, 2.75) is 57.1 Å². The minimum Gasteiger partial charge on any atom is -0.490 e. The van der Waals surface area contributed by atoms with Crippen molar-refractivity contribution in [2.24, 2.45) is 0 Å². The average molecular weight is 489 g/mol. The summed E-state index contributed by atoms with van der Waals surface area (Å²) in [4.78, 5) is 12.3. The second kappa shape index (κ2) is 10.2. The van der Waals surface area contributed by atoms with Crippen molar-refractivity contribution in [3.05, 3.63) is 64.2 Å². The lowest BCUT2D eigenvalue weighted by atomic mass is 9.97. The Balaban J connectivity index is 1.63. The molecule has 0 amide bonds. The number of carboxylic acids is 1. The minimum atomic E-state index is -4.76. The van der Waals surface area contributed by atoms with Crippen LogP contribution in [0.3, 0.4) is 0 Å². The van der Waals surface area contributed by atoms with Crippen LogP contribution in [0.25, 0.3) is 0 Å². The fourth-order valence-corrected chi connectivity index (χ4v) is 3.99. The van der Waals surface area contributed by atoms with E-state index in [1.54, 1.807) is 11.9 Å². The number of alkyl halides is 6. The maximum absolute atomic E-state index is 13.3. The molecule has 2 aromatic carbocycles. The number of benzene rings is 2. The summed E-state index contributed by atoms with van der Waals surface area (Å²) in [7, 11) is 1.56. The van der Waals surface area contributed by atoms with Crippen molar-refractivity contribution in [2.75, 3.05) is 13.6 Å². The van der Waals surface area contributed by atoms with E-state index in [4.69, 9.17) is 9.84 Å². The topological polar surface area (TPSA) is 49.8 Å². The van der Waals surface area contributed by atoms with E-state index < -0.39 is 35.0 Å². The van der Waals surface area contributed by atoms with Crippen LogP contribution in [0.4, 0.5) is 26.3 Å². The van der Waals surface area contributed by atoms with E-state index in [9.17, 15) is 31.1 Å². The highest BCUT2D eigenvalue weighted by molar-refractivity contribution is 5.67. The monoisotopic (exact) mass is 489 g/mol. The molecule has 0 spiro atoms. The predicted molar refractivity (Wildman–Crippen MR) is 113 cm³/mol. The van der Waals surface area contributed by atoms with Crippen LogP contribution >= 0.6 is 0 Å². The van der Waals surface area contributed by atoms with Gasteiger partial charge in [0.05, 0.1) is 11.1 Å². The van der Waals surface area contributed by atoms with Gasteiger partial charge >= 0.3 is 18.3 Å². The van der Waals surface area contributed by atoms with E-state index >= 15 is 0 Å². The Kier molecular flexibility index (Phi) is 7.80. The van der Waals surface area contributed by atoms with Gasteiger partial charge in [-0.2, -0.15) is 26.3 Å². The van der Waals surface area contributed by atoms with Crippen LogP contribution in [0.2, 0.25) is 0 Å².